The van der Waals surface area contributed by atoms with Crippen molar-refractivity contribution in [3.8, 4) is 5.75 Å². The Kier molecular flexibility index (Phi) is 7.61. The lowest BCUT2D eigenvalue weighted by molar-refractivity contribution is -0.155. The highest BCUT2D eigenvalue weighted by Crippen LogP contribution is 2.44. The number of halogens is 6. The first-order valence-corrected chi connectivity index (χ1v) is 11.5. The summed E-state index contributed by atoms with van der Waals surface area (Å²) in [5, 5.41) is 3.76. The number of benzene rings is 2. The van der Waals surface area contributed by atoms with E-state index in [2.05, 4.69) is 10.3 Å². The third-order valence-corrected chi connectivity index (χ3v) is 6.23. The molecule has 2 atom stereocenters. The van der Waals surface area contributed by atoms with Gasteiger partial charge >= 0.3 is 6.18 Å². The van der Waals surface area contributed by atoms with E-state index in [0.717, 1.165) is 33.5 Å². The molecule has 0 bridgehead atoms. The Labute approximate surface area is 199 Å². The molecule has 0 amide bonds. The van der Waals surface area contributed by atoms with Gasteiger partial charge in [0.05, 0.1) is 19.3 Å². The smallest absolute Gasteiger partial charge is 0.401 e. The number of alkyl halides is 4. The first-order valence-electron chi connectivity index (χ1n) is 11.5. The summed E-state index contributed by atoms with van der Waals surface area (Å²) < 4.78 is 88.6. The average Bonchev–Trinajstić information content (AvgIpc) is 3.16. The number of nitrogens with one attached hydrogen (secondary N) is 2. The Balaban J connectivity index is 1.74. The van der Waals surface area contributed by atoms with E-state index in [9.17, 15) is 22.0 Å². The molecule has 0 saturated heterocycles. The minimum atomic E-state index is -4.54. The normalized spacial score (nSPS) is 18.7. The second kappa shape index (κ2) is 10.5. The van der Waals surface area contributed by atoms with Gasteiger partial charge in [-0.05, 0) is 44.0 Å². The van der Waals surface area contributed by atoms with Crippen molar-refractivity contribution in [2.75, 3.05) is 32.9 Å². The van der Waals surface area contributed by atoms with E-state index >= 15 is 4.39 Å². The number of hydrogen-bond donors (Lipinski definition) is 2. The molecule has 4 rings (SSSR count). The topological polar surface area (TPSA) is 40.3 Å². The number of fused-ring (bicyclic) bond motifs is 3. The zero-order valence-corrected chi connectivity index (χ0v) is 19.2. The van der Waals surface area contributed by atoms with Crippen molar-refractivity contribution in [2.24, 2.45) is 0 Å². The van der Waals surface area contributed by atoms with Crippen molar-refractivity contribution in [3.05, 3.63) is 64.9 Å². The minimum absolute atomic E-state index is 0.0168. The van der Waals surface area contributed by atoms with Gasteiger partial charge in [-0.3, -0.25) is 9.29 Å². The average molecular weight is 499 g/mol. The van der Waals surface area contributed by atoms with Crippen molar-refractivity contribution in [3.63, 3.8) is 0 Å². The molecule has 35 heavy (non-hydrogen) atoms. The fourth-order valence-electron chi connectivity index (χ4n) is 4.73. The van der Waals surface area contributed by atoms with Crippen LogP contribution in [0.5, 0.6) is 5.75 Å². The molecule has 0 radical (unpaired) electrons. The summed E-state index contributed by atoms with van der Waals surface area (Å²) in [6.07, 6.45) is -3.89. The van der Waals surface area contributed by atoms with E-state index in [0.29, 0.717) is 25.1 Å². The van der Waals surface area contributed by atoms with Crippen LogP contribution in [0.2, 0.25) is 0 Å². The van der Waals surface area contributed by atoms with Crippen LogP contribution >= 0.6 is 0 Å². The zero-order chi connectivity index (χ0) is 25.2. The molecule has 0 spiro atoms. The van der Waals surface area contributed by atoms with E-state index in [4.69, 9.17) is 4.74 Å². The highest BCUT2D eigenvalue weighted by atomic mass is 19.4. The summed E-state index contributed by atoms with van der Waals surface area (Å²) >= 11 is 0. The molecule has 10 heteroatoms. The highest BCUT2D eigenvalue weighted by molar-refractivity contribution is 5.85. The predicted molar refractivity (Wildman–Crippen MR) is 121 cm³/mol. The number of para-hydroxylation sites is 1. The van der Waals surface area contributed by atoms with Gasteiger partial charge in [-0.25, -0.2) is 8.78 Å². The summed E-state index contributed by atoms with van der Waals surface area (Å²) in [7, 11) is 0. The summed E-state index contributed by atoms with van der Waals surface area (Å²) in [6, 6.07) is 7.33. The van der Waals surface area contributed by atoms with Gasteiger partial charge in [0.15, 0.2) is 11.6 Å². The first-order chi connectivity index (χ1) is 16.7. The maximum atomic E-state index is 15.7. The third kappa shape index (κ3) is 5.59. The molecule has 1 aromatic heterocycles. The zero-order valence-electron chi connectivity index (χ0n) is 19.2. The molecule has 2 N–H and O–H groups in total. The van der Waals surface area contributed by atoms with Crippen LogP contribution in [0.15, 0.2) is 36.4 Å². The molecule has 1 aliphatic rings. The monoisotopic (exact) mass is 499 g/mol. The van der Waals surface area contributed by atoms with E-state index < -0.39 is 43.1 Å². The highest BCUT2D eigenvalue weighted by Gasteiger charge is 2.43. The fourth-order valence-corrected chi connectivity index (χ4v) is 4.73. The SMILES string of the molecule is C[C@@H]1Cc2c([nH]c3ccccc23)C(c2cc(F)cc(OCCNCCCF)c2F)N1CC(F)(F)F. The lowest BCUT2D eigenvalue weighted by Crippen LogP contribution is -2.47. The quantitative estimate of drug-likeness (QED) is 0.294. The number of aromatic nitrogens is 1. The molecule has 2 heterocycles. The second-order valence-electron chi connectivity index (χ2n) is 8.75. The summed E-state index contributed by atoms with van der Waals surface area (Å²) in [5.74, 6) is -2.11. The van der Waals surface area contributed by atoms with Crippen molar-refractivity contribution in [2.45, 2.75) is 38.0 Å². The van der Waals surface area contributed by atoms with Crippen molar-refractivity contribution in [1.82, 2.24) is 15.2 Å². The lowest BCUT2D eigenvalue weighted by Gasteiger charge is -2.41. The van der Waals surface area contributed by atoms with Gasteiger partial charge in [-0.15, -0.1) is 0 Å². The Morgan fingerprint density at radius 3 is 2.66 bits per heavy atom. The molecule has 1 aliphatic heterocycles. The molecule has 3 aromatic rings. The van der Waals surface area contributed by atoms with Crippen molar-refractivity contribution in [1.29, 1.82) is 0 Å². The van der Waals surface area contributed by atoms with Crippen molar-refractivity contribution < 1.29 is 31.1 Å². The standard InChI is InChI=1S/C25H27F6N3O/c1-15-11-18-17-5-2-3-6-20(17)33-23(18)24(34(15)14-25(29,30)31)19-12-16(27)13-21(22(19)28)35-10-9-32-8-4-7-26/h2-3,5-6,12-13,15,24,32-33H,4,7-11,14H2,1H3/t15-,24?/m1/s1. The van der Waals surface area contributed by atoms with Crippen molar-refractivity contribution >= 4 is 10.9 Å². The largest absolute Gasteiger partial charge is 0.489 e. The molecule has 1 unspecified atom stereocenters. The molecular formula is C25H27F6N3O. The third-order valence-electron chi connectivity index (χ3n) is 6.23. The van der Waals surface area contributed by atoms with Crippen LogP contribution in [-0.4, -0.2) is 55.0 Å². The van der Waals surface area contributed by atoms with Gasteiger partial charge in [0.1, 0.15) is 12.4 Å². The Hall–Kier alpha value is -2.72. The molecule has 0 aliphatic carbocycles. The number of rotatable bonds is 9. The lowest BCUT2D eigenvalue weighted by atomic mass is 9.88. The van der Waals surface area contributed by atoms with Crippen LogP contribution in [0.4, 0.5) is 26.3 Å². The van der Waals surface area contributed by atoms with Gasteiger partial charge in [-0.2, -0.15) is 13.2 Å². The Bertz CT molecular complexity index is 1160. The summed E-state index contributed by atoms with van der Waals surface area (Å²) in [6.45, 7) is 0.570. The molecule has 4 nitrogen and oxygen atoms in total. The maximum absolute atomic E-state index is 15.7. The van der Waals surface area contributed by atoms with Gasteiger partial charge in [0.25, 0.3) is 0 Å². The van der Waals surface area contributed by atoms with Gasteiger partial charge < -0.3 is 15.0 Å². The minimum Gasteiger partial charge on any atom is -0.489 e. The molecule has 190 valence electrons. The van der Waals surface area contributed by atoms with Crippen LogP contribution in [-0.2, 0) is 6.42 Å². The summed E-state index contributed by atoms with van der Waals surface area (Å²) in [4.78, 5) is 4.31. The number of H-pyrrole nitrogens is 1. The van der Waals surface area contributed by atoms with E-state index in [1.807, 2.05) is 12.1 Å². The van der Waals surface area contributed by atoms with Gasteiger partial charge in [0, 0.05) is 40.8 Å². The number of nitrogens with zero attached hydrogens (tertiary/aromatic N) is 1. The Morgan fingerprint density at radius 2 is 1.91 bits per heavy atom. The van der Waals surface area contributed by atoms with Crippen LogP contribution in [0.1, 0.15) is 36.2 Å². The first kappa shape index (κ1) is 25.4. The van der Waals surface area contributed by atoms with Gasteiger partial charge in [0.2, 0.25) is 0 Å². The molecular weight excluding hydrogens is 472 g/mol. The van der Waals surface area contributed by atoms with Crippen LogP contribution in [0.25, 0.3) is 10.9 Å². The van der Waals surface area contributed by atoms with Crippen LogP contribution in [0.3, 0.4) is 0 Å². The predicted octanol–water partition coefficient (Wildman–Crippen LogP) is 5.67. The molecule has 0 saturated carbocycles. The van der Waals surface area contributed by atoms with Gasteiger partial charge in [-0.1, -0.05) is 18.2 Å². The van der Waals surface area contributed by atoms with E-state index in [1.54, 1.807) is 19.1 Å². The molecule has 2 aromatic carbocycles. The number of ether oxygens (including phenoxy) is 1. The van der Waals surface area contributed by atoms with Crippen LogP contribution < -0.4 is 10.1 Å². The second-order valence-corrected chi connectivity index (χ2v) is 8.75. The van der Waals surface area contributed by atoms with Crippen LogP contribution in [0, 0.1) is 11.6 Å². The van der Waals surface area contributed by atoms with E-state index in [-0.39, 0.29) is 24.5 Å². The maximum Gasteiger partial charge on any atom is 0.401 e. The summed E-state index contributed by atoms with van der Waals surface area (Å²) in [5.41, 5.74) is 1.70. The number of hydrogen-bond acceptors (Lipinski definition) is 3. The van der Waals surface area contributed by atoms with E-state index in [1.165, 1.54) is 0 Å². The fraction of sp³-hybridized carbons (Fsp3) is 0.440. The molecule has 0 fully saturated rings. The Morgan fingerprint density at radius 1 is 1.14 bits per heavy atom. The number of aromatic amines is 1.